The molecule has 1 heterocycles. The van der Waals surface area contributed by atoms with Gasteiger partial charge in [-0.3, -0.25) is 0 Å². The summed E-state index contributed by atoms with van der Waals surface area (Å²) in [6.07, 6.45) is -8.94. The average molecular weight is 300 g/mol. The third-order valence-electron chi connectivity index (χ3n) is 3.37. The first-order valence-corrected chi connectivity index (χ1v) is 6.42. The van der Waals surface area contributed by atoms with Gasteiger partial charge in [-0.05, 0) is 18.6 Å². The fraction of sp³-hybridized carbons (Fsp3) is 0.500. The zero-order chi connectivity index (χ0) is 14.5. The maximum Gasteiger partial charge on any atom is 0.416 e. The Morgan fingerprint density at radius 3 is 2.21 bits per heavy atom. The van der Waals surface area contributed by atoms with Crippen molar-refractivity contribution in [2.45, 2.75) is 24.0 Å². The minimum atomic E-state index is -4.55. The molecule has 0 nitrogen and oxygen atoms in total. The summed E-state index contributed by atoms with van der Waals surface area (Å²) in [6.45, 7) is 1.34. The van der Waals surface area contributed by atoms with Crippen LogP contribution in [-0.4, -0.2) is 11.9 Å². The van der Waals surface area contributed by atoms with Crippen molar-refractivity contribution >= 4 is 11.8 Å². The summed E-state index contributed by atoms with van der Waals surface area (Å²) < 4.78 is 74.7. The third kappa shape index (κ3) is 2.57. The van der Waals surface area contributed by atoms with Gasteiger partial charge >= 0.3 is 12.4 Å². The van der Waals surface area contributed by atoms with Crippen LogP contribution in [0.1, 0.15) is 18.1 Å². The van der Waals surface area contributed by atoms with E-state index in [1.165, 1.54) is 13.0 Å². The Bertz CT molecular complexity index is 478. The molecule has 2 atom stereocenters. The van der Waals surface area contributed by atoms with E-state index < -0.39 is 28.6 Å². The quantitative estimate of drug-likeness (QED) is 0.668. The maximum atomic E-state index is 12.8. The van der Waals surface area contributed by atoms with Gasteiger partial charge in [-0.1, -0.05) is 18.2 Å². The van der Waals surface area contributed by atoms with Crippen LogP contribution in [-0.2, 0) is 10.9 Å². The largest absolute Gasteiger partial charge is 0.416 e. The molecule has 1 aliphatic rings. The zero-order valence-electron chi connectivity index (χ0n) is 9.77. The van der Waals surface area contributed by atoms with Gasteiger partial charge in [-0.15, -0.1) is 11.8 Å². The van der Waals surface area contributed by atoms with Crippen LogP contribution in [0.25, 0.3) is 0 Å². The topological polar surface area (TPSA) is 0 Å². The molecule has 19 heavy (non-hydrogen) atoms. The molecule has 2 unspecified atom stereocenters. The Morgan fingerprint density at radius 2 is 1.79 bits per heavy atom. The lowest BCUT2D eigenvalue weighted by Crippen LogP contribution is -2.49. The van der Waals surface area contributed by atoms with Crippen LogP contribution >= 0.6 is 11.8 Å². The third-order valence-corrected chi connectivity index (χ3v) is 4.99. The molecule has 1 aromatic carbocycles. The Hall–Kier alpha value is -0.850. The molecule has 0 bridgehead atoms. The summed E-state index contributed by atoms with van der Waals surface area (Å²) in [6, 6.07) is 4.14. The molecule has 1 fully saturated rings. The number of thioether (sulfide) groups is 1. The predicted molar refractivity (Wildman–Crippen MR) is 60.8 cm³/mol. The van der Waals surface area contributed by atoms with E-state index in [2.05, 4.69) is 0 Å². The highest BCUT2D eigenvalue weighted by molar-refractivity contribution is 8.01. The molecule has 0 radical (unpaired) electrons. The van der Waals surface area contributed by atoms with E-state index in [4.69, 9.17) is 0 Å². The van der Waals surface area contributed by atoms with E-state index in [1.807, 2.05) is 0 Å². The number of hydrogen-bond donors (Lipinski definition) is 0. The highest BCUT2D eigenvalue weighted by Gasteiger charge is 2.58. The standard InChI is InChI=1S/C12H10F6S/c1-10(9(6-19-10)12(16,17)18)7-3-2-4-8(5-7)11(13,14)15/h2-5,9H,6H2,1H3. The summed E-state index contributed by atoms with van der Waals surface area (Å²) in [5.74, 6) is -1.72. The van der Waals surface area contributed by atoms with Crippen LogP contribution < -0.4 is 0 Å². The fourth-order valence-corrected chi connectivity index (χ4v) is 3.56. The van der Waals surface area contributed by atoms with Crippen LogP contribution in [0.4, 0.5) is 26.3 Å². The van der Waals surface area contributed by atoms with E-state index in [1.54, 1.807) is 0 Å². The van der Waals surface area contributed by atoms with Crippen molar-refractivity contribution in [3.8, 4) is 0 Å². The van der Waals surface area contributed by atoms with Crippen LogP contribution in [0.3, 0.4) is 0 Å². The Kier molecular flexibility index (Phi) is 3.32. The smallest absolute Gasteiger partial charge is 0.171 e. The number of benzene rings is 1. The first kappa shape index (κ1) is 14.6. The summed E-state index contributed by atoms with van der Waals surface area (Å²) in [4.78, 5) is 0. The second-order valence-corrected chi connectivity index (χ2v) is 6.06. The van der Waals surface area contributed by atoms with Crippen molar-refractivity contribution < 1.29 is 26.3 Å². The lowest BCUT2D eigenvalue weighted by molar-refractivity contribution is -0.181. The molecule has 1 aliphatic heterocycles. The van der Waals surface area contributed by atoms with Crippen molar-refractivity contribution in [2.75, 3.05) is 5.75 Å². The summed E-state index contributed by atoms with van der Waals surface area (Å²) in [5.41, 5.74) is -0.847. The van der Waals surface area contributed by atoms with E-state index in [0.717, 1.165) is 30.0 Å². The monoisotopic (exact) mass is 300 g/mol. The zero-order valence-corrected chi connectivity index (χ0v) is 10.6. The van der Waals surface area contributed by atoms with Gasteiger partial charge in [0.25, 0.3) is 0 Å². The first-order chi connectivity index (χ1) is 8.55. The summed E-state index contributed by atoms with van der Waals surface area (Å²) in [5, 5.41) is 0. The van der Waals surface area contributed by atoms with Gasteiger partial charge in [-0.25, -0.2) is 0 Å². The lowest BCUT2D eigenvalue weighted by Gasteiger charge is -2.47. The molecule has 0 N–H and O–H groups in total. The van der Waals surface area contributed by atoms with Crippen molar-refractivity contribution in [3.63, 3.8) is 0 Å². The maximum absolute atomic E-state index is 12.8. The van der Waals surface area contributed by atoms with Gasteiger partial charge in [0, 0.05) is 5.75 Å². The van der Waals surface area contributed by atoms with Crippen LogP contribution in [0, 0.1) is 5.92 Å². The van der Waals surface area contributed by atoms with Gasteiger partial charge in [-0.2, -0.15) is 26.3 Å². The second kappa shape index (κ2) is 4.33. The molecular weight excluding hydrogens is 290 g/mol. The molecule has 0 spiro atoms. The molecule has 0 aromatic heterocycles. The molecule has 1 aromatic rings. The van der Waals surface area contributed by atoms with Crippen LogP contribution in [0.15, 0.2) is 24.3 Å². The van der Waals surface area contributed by atoms with Crippen molar-refractivity contribution in [3.05, 3.63) is 35.4 Å². The van der Waals surface area contributed by atoms with Gasteiger partial charge in [0.1, 0.15) is 0 Å². The van der Waals surface area contributed by atoms with E-state index >= 15 is 0 Å². The van der Waals surface area contributed by atoms with E-state index in [-0.39, 0.29) is 11.3 Å². The van der Waals surface area contributed by atoms with Crippen molar-refractivity contribution in [2.24, 2.45) is 5.92 Å². The SMILES string of the molecule is CC1(c2cccc(C(F)(F)F)c2)SCC1C(F)(F)F. The van der Waals surface area contributed by atoms with E-state index in [0.29, 0.717) is 0 Å². The van der Waals surface area contributed by atoms with Crippen LogP contribution in [0.5, 0.6) is 0 Å². The first-order valence-electron chi connectivity index (χ1n) is 5.43. The highest BCUT2D eigenvalue weighted by atomic mass is 32.2. The molecule has 0 amide bonds. The van der Waals surface area contributed by atoms with Gasteiger partial charge in [0.2, 0.25) is 0 Å². The molecular formula is C12H10F6S. The fourth-order valence-electron chi connectivity index (χ4n) is 2.11. The second-order valence-electron chi connectivity index (χ2n) is 4.59. The normalized spacial score (nSPS) is 28.1. The Labute approximate surface area is 110 Å². The molecule has 7 heteroatoms. The summed E-state index contributed by atoms with van der Waals surface area (Å²) >= 11 is 1.03. The summed E-state index contributed by atoms with van der Waals surface area (Å²) in [7, 11) is 0. The Balaban J connectivity index is 2.37. The van der Waals surface area contributed by atoms with Gasteiger partial charge in [0.05, 0.1) is 16.2 Å². The molecule has 0 saturated carbocycles. The number of alkyl halides is 6. The van der Waals surface area contributed by atoms with Crippen LogP contribution in [0.2, 0.25) is 0 Å². The molecule has 1 saturated heterocycles. The van der Waals surface area contributed by atoms with Crippen molar-refractivity contribution in [1.29, 1.82) is 0 Å². The molecule has 2 rings (SSSR count). The average Bonchev–Trinajstić information content (AvgIpc) is 2.23. The number of halogens is 6. The number of rotatable bonds is 1. The van der Waals surface area contributed by atoms with Crippen molar-refractivity contribution in [1.82, 2.24) is 0 Å². The van der Waals surface area contributed by atoms with Gasteiger partial charge in [0.15, 0.2) is 0 Å². The molecule has 106 valence electrons. The number of hydrogen-bond acceptors (Lipinski definition) is 1. The lowest BCUT2D eigenvalue weighted by atomic mass is 9.85. The minimum absolute atomic E-state index is 0.0703. The molecule has 0 aliphatic carbocycles. The minimum Gasteiger partial charge on any atom is -0.171 e. The highest BCUT2D eigenvalue weighted by Crippen LogP contribution is 2.59. The van der Waals surface area contributed by atoms with E-state index in [9.17, 15) is 26.3 Å². The predicted octanol–water partition coefficient (Wildman–Crippen LogP) is 4.85. The van der Waals surface area contributed by atoms with Gasteiger partial charge < -0.3 is 0 Å². The Morgan fingerprint density at radius 1 is 1.16 bits per heavy atom.